The average molecular weight is 246 g/mol. The molecule has 0 saturated carbocycles. The molecule has 0 bridgehead atoms. The Kier molecular flexibility index (Phi) is 4.40. The number of hydrogen-bond acceptors (Lipinski definition) is 3. The summed E-state index contributed by atoms with van der Waals surface area (Å²) in [5.74, 6) is 2.25. The summed E-state index contributed by atoms with van der Waals surface area (Å²) in [5.41, 5.74) is 2.42. The number of fused-ring (bicyclic) bond motifs is 1. The van der Waals surface area contributed by atoms with Crippen LogP contribution in [0, 0.1) is 0 Å². The minimum Gasteiger partial charge on any atom is -0.312 e. The molecular formula is C14H18N2S. The Hall–Kier alpha value is -1.06. The fourth-order valence-electron chi connectivity index (χ4n) is 2.00. The first kappa shape index (κ1) is 12.4. The van der Waals surface area contributed by atoms with Crippen LogP contribution >= 0.6 is 11.8 Å². The van der Waals surface area contributed by atoms with Gasteiger partial charge in [0.15, 0.2) is 0 Å². The SMILES string of the molecule is CCSCC(NC)c1cccc2ncccc12. The summed E-state index contributed by atoms with van der Waals surface area (Å²) in [7, 11) is 2.02. The maximum absolute atomic E-state index is 4.40. The van der Waals surface area contributed by atoms with Crippen LogP contribution in [0.5, 0.6) is 0 Å². The van der Waals surface area contributed by atoms with Crippen molar-refractivity contribution in [2.45, 2.75) is 13.0 Å². The van der Waals surface area contributed by atoms with Crippen molar-refractivity contribution in [1.29, 1.82) is 0 Å². The topological polar surface area (TPSA) is 24.9 Å². The highest BCUT2D eigenvalue weighted by Gasteiger charge is 2.11. The van der Waals surface area contributed by atoms with Crippen LogP contribution in [-0.2, 0) is 0 Å². The van der Waals surface area contributed by atoms with E-state index in [1.807, 2.05) is 31.1 Å². The van der Waals surface area contributed by atoms with E-state index in [1.54, 1.807) is 0 Å². The summed E-state index contributed by atoms with van der Waals surface area (Å²) in [6, 6.07) is 10.9. The molecule has 0 amide bonds. The number of aromatic nitrogens is 1. The standard InChI is InChI=1S/C14H18N2S/c1-3-17-10-14(15-2)12-6-4-8-13-11(12)7-5-9-16-13/h4-9,14-15H,3,10H2,1-2H3. The Morgan fingerprint density at radius 1 is 1.29 bits per heavy atom. The van der Waals surface area contributed by atoms with E-state index >= 15 is 0 Å². The lowest BCUT2D eigenvalue weighted by atomic mass is 10.0. The molecule has 0 saturated heterocycles. The van der Waals surface area contributed by atoms with Gasteiger partial charge in [0.05, 0.1) is 5.52 Å². The zero-order chi connectivity index (χ0) is 12.1. The van der Waals surface area contributed by atoms with Crippen molar-refractivity contribution in [3.05, 3.63) is 42.1 Å². The normalized spacial score (nSPS) is 12.8. The molecule has 1 aromatic heterocycles. The number of rotatable bonds is 5. The summed E-state index contributed by atoms with van der Waals surface area (Å²) >= 11 is 1.96. The molecule has 2 nitrogen and oxygen atoms in total. The first-order valence-electron chi connectivity index (χ1n) is 5.95. The maximum Gasteiger partial charge on any atom is 0.0705 e. The molecule has 1 aromatic carbocycles. The minimum atomic E-state index is 0.396. The molecule has 2 aromatic rings. The summed E-state index contributed by atoms with van der Waals surface area (Å²) < 4.78 is 0. The second-order valence-corrected chi connectivity index (χ2v) is 5.24. The van der Waals surface area contributed by atoms with Crippen molar-refractivity contribution in [3.8, 4) is 0 Å². The molecule has 1 N–H and O–H groups in total. The summed E-state index contributed by atoms with van der Waals surface area (Å²) in [4.78, 5) is 4.40. The van der Waals surface area contributed by atoms with Crippen LogP contribution in [0.4, 0.5) is 0 Å². The van der Waals surface area contributed by atoms with Crippen molar-refractivity contribution in [3.63, 3.8) is 0 Å². The predicted octanol–water partition coefficient (Wildman–Crippen LogP) is 3.25. The fourth-order valence-corrected chi connectivity index (χ4v) is 2.81. The molecule has 0 fully saturated rings. The van der Waals surface area contributed by atoms with Gasteiger partial charge >= 0.3 is 0 Å². The molecule has 0 radical (unpaired) electrons. The number of pyridine rings is 1. The van der Waals surface area contributed by atoms with E-state index < -0.39 is 0 Å². The fraction of sp³-hybridized carbons (Fsp3) is 0.357. The van der Waals surface area contributed by atoms with Gasteiger partial charge in [0.25, 0.3) is 0 Å². The van der Waals surface area contributed by atoms with E-state index in [0.29, 0.717) is 6.04 Å². The van der Waals surface area contributed by atoms with E-state index in [9.17, 15) is 0 Å². The van der Waals surface area contributed by atoms with Gasteiger partial charge in [-0.1, -0.05) is 25.1 Å². The quantitative estimate of drug-likeness (QED) is 0.876. The maximum atomic E-state index is 4.40. The molecular weight excluding hydrogens is 228 g/mol. The highest BCUT2D eigenvalue weighted by Crippen LogP contribution is 2.25. The lowest BCUT2D eigenvalue weighted by molar-refractivity contribution is 0.667. The Morgan fingerprint density at radius 2 is 2.18 bits per heavy atom. The third kappa shape index (κ3) is 2.79. The molecule has 3 heteroatoms. The Bertz CT molecular complexity index is 479. The van der Waals surface area contributed by atoms with Crippen LogP contribution in [0.25, 0.3) is 10.9 Å². The molecule has 2 rings (SSSR count). The highest BCUT2D eigenvalue weighted by molar-refractivity contribution is 7.99. The summed E-state index contributed by atoms with van der Waals surface area (Å²) in [6.07, 6.45) is 1.85. The van der Waals surface area contributed by atoms with Gasteiger partial charge in [0.1, 0.15) is 0 Å². The largest absolute Gasteiger partial charge is 0.312 e. The molecule has 0 aliphatic heterocycles. The molecule has 1 heterocycles. The van der Waals surface area contributed by atoms with Gasteiger partial charge in [0.2, 0.25) is 0 Å². The molecule has 0 aliphatic carbocycles. The predicted molar refractivity (Wildman–Crippen MR) is 76.5 cm³/mol. The van der Waals surface area contributed by atoms with Crippen molar-refractivity contribution in [2.24, 2.45) is 0 Å². The van der Waals surface area contributed by atoms with Crippen LogP contribution in [0.3, 0.4) is 0 Å². The van der Waals surface area contributed by atoms with E-state index in [0.717, 1.165) is 17.0 Å². The van der Waals surface area contributed by atoms with E-state index in [1.165, 1.54) is 10.9 Å². The van der Waals surface area contributed by atoms with Gasteiger partial charge in [-0.15, -0.1) is 0 Å². The Balaban J connectivity index is 2.38. The van der Waals surface area contributed by atoms with Gasteiger partial charge in [-0.3, -0.25) is 4.98 Å². The molecule has 1 atom stereocenters. The second kappa shape index (κ2) is 6.03. The van der Waals surface area contributed by atoms with E-state index in [-0.39, 0.29) is 0 Å². The summed E-state index contributed by atoms with van der Waals surface area (Å²) in [5, 5.41) is 4.65. The van der Waals surface area contributed by atoms with E-state index in [2.05, 4.69) is 41.5 Å². The van der Waals surface area contributed by atoms with Crippen LogP contribution < -0.4 is 5.32 Å². The van der Waals surface area contributed by atoms with Gasteiger partial charge in [-0.2, -0.15) is 11.8 Å². The van der Waals surface area contributed by atoms with Crippen LogP contribution in [0.15, 0.2) is 36.5 Å². The number of nitrogens with zero attached hydrogens (tertiary/aromatic N) is 1. The van der Waals surface area contributed by atoms with Crippen LogP contribution in [0.1, 0.15) is 18.5 Å². The average Bonchev–Trinajstić information content (AvgIpc) is 2.40. The van der Waals surface area contributed by atoms with E-state index in [4.69, 9.17) is 0 Å². The van der Waals surface area contributed by atoms with Crippen molar-refractivity contribution < 1.29 is 0 Å². The minimum absolute atomic E-state index is 0.396. The lowest BCUT2D eigenvalue weighted by Crippen LogP contribution is -2.19. The first-order valence-corrected chi connectivity index (χ1v) is 7.11. The molecule has 0 spiro atoms. The second-order valence-electron chi connectivity index (χ2n) is 3.92. The van der Waals surface area contributed by atoms with Gasteiger partial charge in [-0.25, -0.2) is 0 Å². The van der Waals surface area contributed by atoms with Gasteiger partial charge in [0, 0.05) is 23.4 Å². The van der Waals surface area contributed by atoms with Crippen LogP contribution in [-0.4, -0.2) is 23.5 Å². The molecule has 1 unspecified atom stereocenters. The Morgan fingerprint density at radius 3 is 2.94 bits per heavy atom. The third-order valence-electron chi connectivity index (χ3n) is 2.89. The molecule has 90 valence electrons. The first-order chi connectivity index (χ1) is 8.36. The molecule has 0 aliphatic rings. The monoisotopic (exact) mass is 246 g/mol. The van der Waals surface area contributed by atoms with Crippen LogP contribution in [0.2, 0.25) is 0 Å². The zero-order valence-electron chi connectivity index (χ0n) is 10.3. The number of nitrogens with one attached hydrogen (secondary N) is 1. The number of hydrogen-bond donors (Lipinski definition) is 1. The zero-order valence-corrected chi connectivity index (χ0v) is 11.1. The summed E-state index contributed by atoms with van der Waals surface area (Å²) in [6.45, 7) is 2.20. The third-order valence-corrected chi connectivity index (χ3v) is 3.87. The smallest absolute Gasteiger partial charge is 0.0705 e. The van der Waals surface area contributed by atoms with Gasteiger partial charge < -0.3 is 5.32 Å². The van der Waals surface area contributed by atoms with Crippen molar-refractivity contribution >= 4 is 22.7 Å². The number of thioether (sulfide) groups is 1. The highest BCUT2D eigenvalue weighted by atomic mass is 32.2. The van der Waals surface area contributed by atoms with Crippen molar-refractivity contribution in [1.82, 2.24) is 10.3 Å². The van der Waals surface area contributed by atoms with Gasteiger partial charge in [-0.05, 0) is 30.5 Å². The molecule has 17 heavy (non-hydrogen) atoms. The Labute approximate surface area is 107 Å². The van der Waals surface area contributed by atoms with Crippen molar-refractivity contribution in [2.75, 3.05) is 18.6 Å². The number of benzene rings is 1. The lowest BCUT2D eigenvalue weighted by Gasteiger charge is -2.17.